The molecule has 1 aromatic heterocycles. The number of phenols is 1. The van der Waals surface area contributed by atoms with Gasteiger partial charge in [0.1, 0.15) is 53.1 Å². The number of rotatable bonds is 52. The first-order valence-electron chi connectivity index (χ1n) is 40.3. The number of aromatic hydroxyl groups is 1. The number of carbonyl (C=O) groups is 14. The molecule has 0 aliphatic heterocycles. The summed E-state index contributed by atoms with van der Waals surface area (Å²) in [6.07, 6.45) is 10.8. The maximum atomic E-state index is 15.2. The standard InChI is InChI=1S/C85H128N14O16/c1-17-19-20-21-22-23-24-25-31-42-85(16,83(115)90-54(10)75(107)88-52(8)72(104)73(105)70(51(7)18-2)99-98-53(9)74(86)106)97-77(109)60(43-49(3)4)38-41-69(103)65(47-61-48-87-64-35-30-29-34-63(61)64)92-78(110)67(46-59-36-39-62(102)40-37-59)93-76(108)55(11)89-82(114)84(14,15)96-80(112)68(45-58-32-27-26-28-33-58)94-81(113)71(56(12)100)95-79(111)66(44-50(5)6)91-57(13)101/h23-24,26-30,32-37,39-40,48-56,60,65-68,70-71,87,98-100,102H,17-22,25,31,38,41-47H2,1-16H3,(H2,86,106)(H,88,107)(H,89,114)(H,90,115)(H,91,101)(H,92,110)(H,93,108)(H,94,113)(H,95,111)(H,96,112)(H,97,109)/b24-23+/t51-,52-,53+,54?,55?,56+,60-,65-,66-,67-,68-,70-,71-,85-/m0/s1. The fraction of sp³-hybridized carbons (Fsp3) is 0.576. The number of amides is 11. The number of primary amides is 1. The fourth-order valence-electron chi connectivity index (χ4n) is 12.9. The van der Waals surface area contributed by atoms with Crippen LogP contribution in [0.2, 0.25) is 0 Å². The van der Waals surface area contributed by atoms with Gasteiger partial charge in [0.2, 0.25) is 76.5 Å². The van der Waals surface area contributed by atoms with Crippen LogP contribution in [0.5, 0.6) is 5.75 Å². The summed E-state index contributed by atoms with van der Waals surface area (Å²) in [4.78, 5) is 199. The lowest BCUT2D eigenvalue weighted by Crippen LogP contribution is -2.64. The van der Waals surface area contributed by atoms with Crippen LogP contribution in [0.25, 0.3) is 10.9 Å². The minimum Gasteiger partial charge on any atom is -0.508 e. The summed E-state index contributed by atoms with van der Waals surface area (Å²) in [6.45, 7) is 25.5. The van der Waals surface area contributed by atoms with Crippen LogP contribution in [0.15, 0.2) is 97.2 Å². The van der Waals surface area contributed by atoms with Crippen LogP contribution < -0.4 is 69.8 Å². The molecule has 11 amide bonds. The molecule has 30 heteroatoms. The Labute approximate surface area is 676 Å². The summed E-state index contributed by atoms with van der Waals surface area (Å²) >= 11 is 0. The van der Waals surface area contributed by atoms with Gasteiger partial charge < -0.3 is 74.1 Å². The van der Waals surface area contributed by atoms with E-state index in [-0.39, 0.29) is 74.9 Å². The lowest BCUT2D eigenvalue weighted by Gasteiger charge is -2.33. The van der Waals surface area contributed by atoms with Crippen LogP contribution in [-0.2, 0) is 86.4 Å². The van der Waals surface area contributed by atoms with Crippen LogP contribution in [0.1, 0.15) is 211 Å². The molecule has 0 fully saturated rings. The van der Waals surface area contributed by atoms with Crippen molar-refractivity contribution in [2.75, 3.05) is 0 Å². The summed E-state index contributed by atoms with van der Waals surface area (Å²) in [5.41, 5.74) is 9.76. The second-order valence-corrected chi connectivity index (χ2v) is 32.0. The number of ketones is 3. The smallest absolute Gasteiger partial charge is 0.246 e. The first-order valence-corrected chi connectivity index (χ1v) is 40.3. The number of aliphatic hydroxyl groups is 1. The Morgan fingerprint density at radius 1 is 0.504 bits per heavy atom. The summed E-state index contributed by atoms with van der Waals surface area (Å²) in [7, 11) is 0. The molecule has 17 N–H and O–H groups in total. The first-order chi connectivity index (χ1) is 54.1. The molecule has 0 saturated heterocycles. The molecule has 115 heavy (non-hydrogen) atoms. The minimum atomic E-state index is -1.82. The number of phenolic OH excluding ortho intramolecular Hbond substituents is 1. The number of nitrogens with two attached hydrogens (primary N) is 1. The van der Waals surface area contributed by atoms with Crippen LogP contribution in [0.4, 0.5) is 0 Å². The minimum absolute atomic E-state index is 0.0544. The second kappa shape index (κ2) is 47.6. The van der Waals surface area contributed by atoms with Crippen molar-refractivity contribution in [3.8, 4) is 5.75 Å². The summed E-state index contributed by atoms with van der Waals surface area (Å²) in [6, 6.07) is 8.88. The van der Waals surface area contributed by atoms with Crippen molar-refractivity contribution in [3.05, 3.63) is 114 Å². The molecule has 0 bridgehead atoms. The lowest BCUT2D eigenvalue weighted by molar-refractivity contribution is -0.141. The van der Waals surface area contributed by atoms with Crippen molar-refractivity contribution < 1.29 is 77.3 Å². The lowest BCUT2D eigenvalue weighted by atomic mass is 9.87. The second-order valence-electron chi connectivity index (χ2n) is 32.0. The number of hydrogen-bond donors (Lipinski definition) is 16. The molecular formula is C85H128N14O16. The van der Waals surface area contributed by atoms with Crippen molar-refractivity contribution in [3.63, 3.8) is 0 Å². The zero-order valence-corrected chi connectivity index (χ0v) is 69.9. The van der Waals surface area contributed by atoms with Gasteiger partial charge in [-0.1, -0.05) is 147 Å². The number of aromatic amines is 1. The van der Waals surface area contributed by atoms with Gasteiger partial charge >= 0.3 is 0 Å². The highest BCUT2D eigenvalue weighted by atomic mass is 16.3. The van der Waals surface area contributed by atoms with E-state index in [1.54, 1.807) is 50.4 Å². The van der Waals surface area contributed by atoms with Crippen molar-refractivity contribution in [2.24, 2.45) is 29.4 Å². The van der Waals surface area contributed by atoms with Gasteiger partial charge in [0.15, 0.2) is 5.78 Å². The molecule has 0 saturated carbocycles. The number of Topliss-reactive ketones (excluding diaryl/α,β-unsaturated/α-hetero) is 3. The highest BCUT2D eigenvalue weighted by Gasteiger charge is 2.42. The molecule has 0 aliphatic rings. The van der Waals surface area contributed by atoms with E-state index < -0.39 is 166 Å². The molecule has 0 spiro atoms. The molecule has 0 aliphatic carbocycles. The molecule has 4 aromatic rings. The van der Waals surface area contributed by atoms with Gasteiger partial charge in [0.25, 0.3) is 0 Å². The molecule has 14 atom stereocenters. The molecule has 3 aromatic carbocycles. The average Bonchev–Trinajstić information content (AvgIpc) is 1.70. The Morgan fingerprint density at radius 3 is 1.65 bits per heavy atom. The topological polar surface area (TPSA) is 466 Å². The summed E-state index contributed by atoms with van der Waals surface area (Å²) in [5.74, 6) is -12.3. The van der Waals surface area contributed by atoms with Gasteiger partial charge in [0.05, 0.1) is 30.3 Å². The number of para-hydroxylation sites is 1. The number of unbranched alkanes of at least 4 members (excludes halogenated alkanes) is 5. The predicted molar refractivity (Wildman–Crippen MR) is 439 cm³/mol. The zero-order chi connectivity index (χ0) is 86.0. The van der Waals surface area contributed by atoms with E-state index in [0.29, 0.717) is 36.0 Å². The molecule has 1 heterocycles. The van der Waals surface area contributed by atoms with Crippen LogP contribution in [0.3, 0.4) is 0 Å². The third kappa shape index (κ3) is 32.5. The quantitative estimate of drug-likeness (QED) is 0.0116. The molecule has 30 nitrogen and oxygen atoms in total. The molecule has 634 valence electrons. The van der Waals surface area contributed by atoms with Gasteiger partial charge in [0, 0.05) is 55.6 Å². The van der Waals surface area contributed by atoms with Crippen LogP contribution >= 0.6 is 0 Å². The van der Waals surface area contributed by atoms with Crippen molar-refractivity contribution in [2.45, 2.75) is 291 Å². The number of hydrazine groups is 1. The van der Waals surface area contributed by atoms with Gasteiger partial charge in [-0.2, -0.15) is 0 Å². The molecule has 4 rings (SSSR count). The number of nitrogens with one attached hydrogen (secondary N) is 13. The van der Waals surface area contributed by atoms with Crippen LogP contribution in [0, 0.1) is 23.7 Å². The van der Waals surface area contributed by atoms with Crippen molar-refractivity contribution in [1.82, 2.24) is 69.0 Å². The maximum Gasteiger partial charge on any atom is 0.246 e. The van der Waals surface area contributed by atoms with Gasteiger partial charge in [-0.25, -0.2) is 10.9 Å². The Kier molecular flexibility index (Phi) is 40.2. The molecular weight excluding hydrogens is 1470 g/mol. The number of aromatic nitrogens is 1. The highest BCUT2D eigenvalue weighted by molar-refractivity contribution is 6.41. The zero-order valence-electron chi connectivity index (χ0n) is 69.9. The largest absolute Gasteiger partial charge is 0.508 e. The Hall–Kier alpha value is -10.2. The number of fused-ring (bicyclic) bond motifs is 1. The van der Waals surface area contributed by atoms with E-state index >= 15 is 14.4 Å². The monoisotopic (exact) mass is 1600 g/mol. The third-order valence-corrected chi connectivity index (χ3v) is 20.3. The van der Waals surface area contributed by atoms with E-state index in [4.69, 9.17) is 5.73 Å². The van der Waals surface area contributed by atoms with Gasteiger partial charge in [-0.15, -0.1) is 0 Å². The van der Waals surface area contributed by atoms with Crippen molar-refractivity contribution in [1.29, 1.82) is 0 Å². The Morgan fingerprint density at radius 2 is 1.06 bits per heavy atom. The van der Waals surface area contributed by atoms with E-state index in [0.717, 1.165) is 43.0 Å². The number of H-pyrrole nitrogens is 1. The van der Waals surface area contributed by atoms with E-state index in [9.17, 15) is 63.0 Å². The molecule has 2 unspecified atom stereocenters. The number of benzene rings is 3. The van der Waals surface area contributed by atoms with E-state index in [1.807, 2.05) is 65.0 Å². The third-order valence-electron chi connectivity index (χ3n) is 20.3. The SMILES string of the molecule is CCCCCC/C=C/CCC[C@](C)(NC(=O)[C@@H](CCC(=O)[C@H](Cc1c[nH]c2ccccc12)NC(=O)[C@H](Cc1ccc(O)cc1)NC(=O)C(C)NC(=O)C(C)(C)NC(=O)[C@H](Cc1ccccc1)NC(=O)[C@@H](NC(=O)[C@H](CC(C)C)NC(C)=O)[C@@H](C)O)CC(C)C)C(=O)NC(C)C(=O)N[C@@H](C)C(=O)C(=O)[C@@H](NN[C@H](C)C(N)=O)[C@@H](C)CC. The highest BCUT2D eigenvalue weighted by Crippen LogP contribution is 2.26. The number of hydrogen-bond acceptors (Lipinski definition) is 18. The van der Waals surface area contributed by atoms with E-state index in [2.05, 4.69) is 82.0 Å². The summed E-state index contributed by atoms with van der Waals surface area (Å²) < 4.78 is 0. The van der Waals surface area contributed by atoms with Gasteiger partial charge in [-0.3, -0.25) is 67.1 Å². The van der Waals surface area contributed by atoms with Gasteiger partial charge in [-0.05, 0) is 159 Å². The Bertz CT molecular complexity index is 3950. The normalized spacial score (nSPS) is 15.6. The number of allylic oxidation sites excluding steroid dienone is 2. The average molecular weight is 1600 g/mol. The first kappa shape index (κ1) is 97.2. The van der Waals surface area contributed by atoms with Crippen LogP contribution in [-0.4, -0.2) is 175 Å². The molecule has 0 radical (unpaired) electrons. The van der Waals surface area contributed by atoms with E-state index in [1.165, 1.54) is 79.7 Å². The Balaban J connectivity index is 1.63. The predicted octanol–water partition coefficient (Wildman–Crippen LogP) is 5.29. The van der Waals surface area contributed by atoms with Crippen molar-refractivity contribution >= 4 is 93.2 Å². The fourth-order valence-corrected chi connectivity index (χ4v) is 12.9. The number of aliphatic hydroxyl groups excluding tert-OH is 1. The maximum absolute atomic E-state index is 15.2. The summed E-state index contributed by atoms with van der Waals surface area (Å²) in [5, 5.41) is 48.7. The number of carbonyl (C=O) groups excluding carboxylic acids is 14.